The van der Waals surface area contributed by atoms with Crippen LogP contribution in [0.5, 0.6) is 5.88 Å². The van der Waals surface area contributed by atoms with Gasteiger partial charge in [0, 0.05) is 11.6 Å². The number of fused-ring (bicyclic) bond motifs is 1. The molecule has 3 nitrogen and oxygen atoms in total. The van der Waals surface area contributed by atoms with Crippen molar-refractivity contribution in [3.63, 3.8) is 0 Å². The van der Waals surface area contributed by atoms with Gasteiger partial charge >= 0.3 is 0 Å². The van der Waals surface area contributed by atoms with Crippen LogP contribution in [0.4, 0.5) is 4.39 Å². The zero-order chi connectivity index (χ0) is 15.0. The maximum absolute atomic E-state index is 13.6. The molecule has 1 heterocycles. The number of benzene rings is 2. The Kier molecular flexibility index (Phi) is 3.55. The van der Waals surface area contributed by atoms with Crippen LogP contribution in [0.15, 0.2) is 42.6 Å². The summed E-state index contributed by atoms with van der Waals surface area (Å²) in [5.41, 5.74) is 1.55. The highest BCUT2D eigenvalue weighted by atomic mass is 127. The molecule has 21 heavy (non-hydrogen) atoms. The van der Waals surface area contributed by atoms with E-state index in [2.05, 4.69) is 6.07 Å². The van der Waals surface area contributed by atoms with Crippen LogP contribution in [0.25, 0.3) is 10.8 Å². The van der Waals surface area contributed by atoms with Crippen LogP contribution in [-0.2, 0) is 6.54 Å². The number of hydrogen-bond donors (Lipinski definition) is 1. The van der Waals surface area contributed by atoms with Gasteiger partial charge in [0.05, 0.1) is 27.1 Å². The van der Waals surface area contributed by atoms with Gasteiger partial charge in [-0.15, -0.1) is 0 Å². The summed E-state index contributed by atoms with van der Waals surface area (Å²) in [6.45, 7) is 0.462. The van der Waals surface area contributed by atoms with E-state index in [9.17, 15) is 9.50 Å². The van der Waals surface area contributed by atoms with Gasteiger partial charge in [-0.2, -0.15) is 5.26 Å². The molecule has 0 unspecified atom stereocenters. The summed E-state index contributed by atoms with van der Waals surface area (Å²) in [5.74, 6) is -0.284. The van der Waals surface area contributed by atoms with Gasteiger partial charge in [-0.25, -0.2) is 4.39 Å². The van der Waals surface area contributed by atoms with E-state index in [4.69, 9.17) is 5.26 Å². The fourth-order valence-electron chi connectivity index (χ4n) is 2.27. The third-order valence-corrected chi connectivity index (χ3v) is 4.41. The number of aromatic hydroxyl groups is 1. The molecule has 0 bridgehead atoms. The second-order valence-electron chi connectivity index (χ2n) is 4.71. The van der Waals surface area contributed by atoms with Crippen LogP contribution in [0.3, 0.4) is 0 Å². The van der Waals surface area contributed by atoms with Crippen LogP contribution in [-0.4, -0.2) is 9.67 Å². The molecule has 0 saturated heterocycles. The van der Waals surface area contributed by atoms with Gasteiger partial charge in [0.2, 0.25) is 5.88 Å². The lowest BCUT2D eigenvalue weighted by Gasteiger charge is -2.05. The van der Waals surface area contributed by atoms with Crippen molar-refractivity contribution in [1.82, 2.24) is 4.57 Å². The smallest absolute Gasteiger partial charge is 0.200 e. The van der Waals surface area contributed by atoms with Gasteiger partial charge in [0.15, 0.2) is 0 Å². The standard InChI is InChI=1S/C16H10FIN2O/c17-13-6-5-12-9-20(16(21)14(12)15(13)18)8-11-3-1-10(7-19)2-4-11/h1-6,9,21H,8H2. The molecular weight excluding hydrogens is 382 g/mol. The Morgan fingerprint density at radius 2 is 1.90 bits per heavy atom. The first-order chi connectivity index (χ1) is 10.1. The lowest BCUT2D eigenvalue weighted by atomic mass is 10.1. The monoisotopic (exact) mass is 392 g/mol. The first-order valence-corrected chi connectivity index (χ1v) is 7.33. The number of halogens is 2. The van der Waals surface area contributed by atoms with Gasteiger partial charge in [0.25, 0.3) is 0 Å². The number of nitrogens with zero attached hydrogens (tertiary/aromatic N) is 2. The number of aromatic nitrogens is 1. The molecule has 0 aliphatic carbocycles. The molecule has 0 aliphatic rings. The summed E-state index contributed by atoms with van der Waals surface area (Å²) >= 11 is 1.90. The first kappa shape index (κ1) is 13.9. The molecule has 5 heteroatoms. The van der Waals surface area contributed by atoms with Crippen LogP contribution >= 0.6 is 22.6 Å². The van der Waals surface area contributed by atoms with Crippen molar-refractivity contribution in [2.24, 2.45) is 0 Å². The largest absolute Gasteiger partial charge is 0.494 e. The Morgan fingerprint density at radius 1 is 1.19 bits per heavy atom. The Hall–Kier alpha value is -2.07. The molecule has 0 spiro atoms. The van der Waals surface area contributed by atoms with E-state index in [1.165, 1.54) is 6.07 Å². The minimum Gasteiger partial charge on any atom is -0.494 e. The highest BCUT2D eigenvalue weighted by Crippen LogP contribution is 2.33. The van der Waals surface area contributed by atoms with Crippen molar-refractivity contribution in [2.45, 2.75) is 6.54 Å². The number of nitriles is 1. The normalized spacial score (nSPS) is 10.7. The molecule has 3 rings (SSSR count). The molecule has 0 saturated carbocycles. The van der Waals surface area contributed by atoms with Crippen molar-refractivity contribution in [3.8, 4) is 11.9 Å². The average molecular weight is 392 g/mol. The van der Waals surface area contributed by atoms with E-state index in [-0.39, 0.29) is 11.7 Å². The van der Waals surface area contributed by atoms with Gasteiger partial charge in [-0.1, -0.05) is 12.1 Å². The minimum absolute atomic E-state index is 0.0539. The Balaban J connectivity index is 2.03. The summed E-state index contributed by atoms with van der Waals surface area (Å²) in [5, 5.41) is 20.4. The zero-order valence-electron chi connectivity index (χ0n) is 10.8. The second kappa shape index (κ2) is 5.37. The predicted molar refractivity (Wildman–Crippen MR) is 86.5 cm³/mol. The lowest BCUT2D eigenvalue weighted by Crippen LogP contribution is -1.97. The highest BCUT2D eigenvalue weighted by molar-refractivity contribution is 14.1. The maximum Gasteiger partial charge on any atom is 0.200 e. The number of rotatable bonds is 2. The third kappa shape index (κ3) is 2.47. The third-order valence-electron chi connectivity index (χ3n) is 3.35. The summed E-state index contributed by atoms with van der Waals surface area (Å²) in [6, 6.07) is 12.3. The number of hydrogen-bond acceptors (Lipinski definition) is 2. The molecule has 1 aromatic heterocycles. The molecule has 1 N–H and O–H groups in total. The Morgan fingerprint density at radius 3 is 2.57 bits per heavy atom. The summed E-state index contributed by atoms with van der Waals surface area (Å²) < 4.78 is 15.7. The van der Waals surface area contributed by atoms with E-state index in [0.29, 0.717) is 21.1 Å². The van der Waals surface area contributed by atoms with E-state index in [0.717, 1.165) is 10.9 Å². The van der Waals surface area contributed by atoms with Gasteiger partial charge in [-0.3, -0.25) is 0 Å². The van der Waals surface area contributed by atoms with Crippen LogP contribution in [0.2, 0.25) is 0 Å². The topological polar surface area (TPSA) is 49.0 Å². The molecule has 0 atom stereocenters. The van der Waals surface area contributed by atoms with Gasteiger partial charge < -0.3 is 9.67 Å². The van der Waals surface area contributed by atoms with Crippen LogP contribution in [0.1, 0.15) is 11.1 Å². The highest BCUT2D eigenvalue weighted by Gasteiger charge is 2.14. The lowest BCUT2D eigenvalue weighted by molar-refractivity contribution is 0.429. The van der Waals surface area contributed by atoms with Crippen LogP contribution in [0, 0.1) is 20.7 Å². The average Bonchev–Trinajstić information content (AvgIpc) is 2.81. The second-order valence-corrected chi connectivity index (χ2v) is 5.79. The minimum atomic E-state index is -0.338. The molecule has 0 radical (unpaired) electrons. The van der Waals surface area contributed by atoms with Crippen molar-refractivity contribution in [1.29, 1.82) is 5.26 Å². The first-order valence-electron chi connectivity index (χ1n) is 6.25. The summed E-state index contributed by atoms with van der Waals surface area (Å²) in [4.78, 5) is 0. The van der Waals surface area contributed by atoms with Crippen molar-refractivity contribution in [2.75, 3.05) is 0 Å². The van der Waals surface area contributed by atoms with Crippen LogP contribution < -0.4 is 0 Å². The van der Waals surface area contributed by atoms with E-state index in [1.807, 2.05) is 34.7 Å². The van der Waals surface area contributed by atoms with Gasteiger partial charge in [0.1, 0.15) is 5.82 Å². The molecule has 104 valence electrons. The van der Waals surface area contributed by atoms with Gasteiger partial charge in [-0.05, 0) is 52.4 Å². The fourth-order valence-corrected chi connectivity index (χ4v) is 3.01. The Bertz CT molecular complexity index is 863. The van der Waals surface area contributed by atoms with E-state index in [1.54, 1.807) is 29.0 Å². The van der Waals surface area contributed by atoms with Crippen molar-refractivity contribution < 1.29 is 9.50 Å². The van der Waals surface area contributed by atoms with E-state index >= 15 is 0 Å². The van der Waals surface area contributed by atoms with E-state index < -0.39 is 0 Å². The Labute approximate surface area is 134 Å². The fraction of sp³-hybridized carbons (Fsp3) is 0.0625. The molecule has 0 aliphatic heterocycles. The molecule has 0 amide bonds. The molecular formula is C16H10FIN2O. The SMILES string of the molecule is N#Cc1ccc(Cn2cc3ccc(F)c(I)c3c2O)cc1. The molecule has 2 aromatic carbocycles. The molecule has 0 fully saturated rings. The predicted octanol–water partition coefficient (Wildman–Crippen LogP) is 4.01. The van der Waals surface area contributed by atoms with Crippen molar-refractivity contribution >= 4 is 33.4 Å². The maximum atomic E-state index is 13.6. The molecule has 3 aromatic rings. The van der Waals surface area contributed by atoms with Crippen molar-refractivity contribution in [3.05, 3.63) is 63.1 Å². The summed E-state index contributed by atoms with van der Waals surface area (Å²) in [7, 11) is 0. The zero-order valence-corrected chi connectivity index (χ0v) is 13.0. The quantitative estimate of drug-likeness (QED) is 0.670. The summed E-state index contributed by atoms with van der Waals surface area (Å²) in [6.07, 6.45) is 1.80.